The number of rotatable bonds is 6. The van der Waals surface area contributed by atoms with E-state index in [-0.39, 0.29) is 12.0 Å². The number of hydrogen-bond donors (Lipinski definition) is 2. The zero-order valence-corrected chi connectivity index (χ0v) is 19.7. The van der Waals surface area contributed by atoms with E-state index >= 15 is 0 Å². The van der Waals surface area contributed by atoms with Crippen molar-refractivity contribution in [3.05, 3.63) is 11.6 Å². The molecule has 4 rings (SSSR count). The molecule has 0 bridgehead atoms. The van der Waals surface area contributed by atoms with Gasteiger partial charge in [0.1, 0.15) is 0 Å². The lowest BCUT2D eigenvalue weighted by molar-refractivity contribution is -0.141. The molecule has 0 aromatic rings. The number of allylic oxidation sites excluding steroid dienone is 1. The second-order valence-corrected chi connectivity index (χ2v) is 12.0. The summed E-state index contributed by atoms with van der Waals surface area (Å²) in [6, 6.07) is 0. The Kier molecular flexibility index (Phi) is 6.16. The maximum Gasteiger partial charge on any atom is 0.306 e. The Bertz CT molecular complexity index is 684. The monoisotopic (exact) mass is 416 g/mol. The highest BCUT2D eigenvalue weighted by Gasteiger charge is 2.59. The molecule has 0 heterocycles. The Morgan fingerprint density at radius 3 is 2.60 bits per heavy atom. The van der Waals surface area contributed by atoms with Gasteiger partial charge in [0.2, 0.25) is 0 Å². The molecule has 0 radical (unpaired) electrons. The summed E-state index contributed by atoms with van der Waals surface area (Å²) < 4.78 is 0. The van der Waals surface area contributed by atoms with Crippen molar-refractivity contribution in [1.82, 2.24) is 0 Å². The van der Waals surface area contributed by atoms with Gasteiger partial charge in [-0.25, -0.2) is 0 Å². The molecule has 9 atom stereocenters. The highest BCUT2D eigenvalue weighted by Crippen LogP contribution is 2.67. The summed E-state index contributed by atoms with van der Waals surface area (Å²) in [5.41, 5.74) is 2.37. The number of carboxylic acids is 1. The van der Waals surface area contributed by atoms with Crippen molar-refractivity contribution in [2.24, 2.45) is 46.3 Å². The summed E-state index contributed by atoms with van der Waals surface area (Å²) in [6.45, 7) is 9.41. The summed E-state index contributed by atoms with van der Waals surface area (Å²) in [5, 5.41) is 19.4. The molecular formula is C27H44O3. The van der Waals surface area contributed by atoms with E-state index in [0.717, 1.165) is 49.4 Å². The van der Waals surface area contributed by atoms with E-state index in [1.54, 1.807) is 5.57 Å². The number of carboxylic acid groups (broad SMARTS) is 1. The number of carbonyl (C=O) groups is 1. The van der Waals surface area contributed by atoms with Gasteiger partial charge in [-0.3, -0.25) is 4.79 Å². The number of hydrogen-bond acceptors (Lipinski definition) is 2. The minimum absolute atomic E-state index is 0.115. The number of aliphatic hydroxyl groups is 1. The summed E-state index contributed by atoms with van der Waals surface area (Å²) in [7, 11) is 0. The van der Waals surface area contributed by atoms with Crippen molar-refractivity contribution in [3.8, 4) is 0 Å². The third-order valence-corrected chi connectivity index (χ3v) is 10.6. The molecule has 2 N–H and O–H groups in total. The van der Waals surface area contributed by atoms with Gasteiger partial charge in [0.25, 0.3) is 0 Å². The van der Waals surface area contributed by atoms with Crippen LogP contribution in [0, 0.1) is 46.3 Å². The maximum atomic E-state index is 11.1. The highest BCUT2D eigenvalue weighted by atomic mass is 16.4. The van der Waals surface area contributed by atoms with Gasteiger partial charge < -0.3 is 10.2 Å². The number of aliphatic hydroxyl groups excluding tert-OH is 1. The first-order chi connectivity index (χ1) is 14.2. The zero-order valence-electron chi connectivity index (χ0n) is 19.7. The lowest BCUT2D eigenvalue weighted by atomic mass is 9.47. The van der Waals surface area contributed by atoms with E-state index in [0.29, 0.717) is 16.7 Å². The van der Waals surface area contributed by atoms with Crippen molar-refractivity contribution in [2.75, 3.05) is 0 Å². The smallest absolute Gasteiger partial charge is 0.306 e. The van der Waals surface area contributed by atoms with Crippen molar-refractivity contribution in [2.45, 2.75) is 104 Å². The summed E-state index contributed by atoms with van der Waals surface area (Å²) in [6.07, 6.45) is 15.2. The standard InChI is InChI=1S/C27H44O3/c1-17(6-5-7-18(2)25(29)30)22-10-11-23-21-9-8-19-16-20(28)12-14-26(19,3)24(21)13-15-27(22,23)4/h8,17-18,20-24,28H,5-7,9-16H2,1-4H3,(H,29,30)/t17-,18+,20-,21+,22-,23+,24+,26-,27+/m0/s1. The normalized spacial score (nSPS) is 45.0. The van der Waals surface area contributed by atoms with Crippen molar-refractivity contribution >= 4 is 5.97 Å². The summed E-state index contributed by atoms with van der Waals surface area (Å²) in [4.78, 5) is 11.1. The molecule has 3 heteroatoms. The minimum atomic E-state index is -0.651. The quantitative estimate of drug-likeness (QED) is 0.489. The molecule has 4 aliphatic carbocycles. The van der Waals surface area contributed by atoms with Crippen LogP contribution >= 0.6 is 0 Å². The van der Waals surface area contributed by atoms with Gasteiger partial charge in [-0.05, 0) is 98.2 Å². The number of aliphatic carboxylic acids is 1. The van der Waals surface area contributed by atoms with E-state index in [9.17, 15) is 9.90 Å². The fourth-order valence-corrected chi connectivity index (χ4v) is 8.69. The van der Waals surface area contributed by atoms with E-state index in [1.807, 2.05) is 6.92 Å². The van der Waals surface area contributed by atoms with Gasteiger partial charge >= 0.3 is 5.97 Å². The first-order valence-electron chi connectivity index (χ1n) is 12.8. The van der Waals surface area contributed by atoms with Crippen LogP contribution in [0.3, 0.4) is 0 Å². The first-order valence-corrected chi connectivity index (χ1v) is 12.8. The van der Waals surface area contributed by atoms with Crippen LogP contribution in [-0.2, 0) is 4.79 Å². The summed E-state index contributed by atoms with van der Waals surface area (Å²) >= 11 is 0. The first kappa shape index (κ1) is 22.4. The second kappa shape index (κ2) is 8.26. The van der Waals surface area contributed by atoms with E-state index < -0.39 is 5.97 Å². The summed E-state index contributed by atoms with van der Waals surface area (Å²) in [5.74, 6) is 3.14. The Hall–Kier alpha value is -0.830. The van der Waals surface area contributed by atoms with Gasteiger partial charge in [0, 0.05) is 0 Å². The van der Waals surface area contributed by atoms with Crippen LogP contribution in [0.15, 0.2) is 11.6 Å². The fraction of sp³-hybridized carbons (Fsp3) is 0.889. The van der Waals surface area contributed by atoms with Crippen LogP contribution < -0.4 is 0 Å². The largest absolute Gasteiger partial charge is 0.481 e. The SMILES string of the molecule is C[C@H](CCC[C@H](C)[C@@H]1CC[C@@H]2[C@H]3CC=C4C[C@@H](O)CC[C@]4(C)[C@@H]3CC[C@@]21C)C(=O)O. The average molecular weight is 417 g/mol. The molecule has 0 aliphatic heterocycles. The van der Waals surface area contributed by atoms with Gasteiger partial charge in [-0.1, -0.05) is 52.2 Å². The lowest BCUT2D eigenvalue weighted by Crippen LogP contribution is -2.50. The Balaban J connectivity index is 1.44. The molecule has 0 aromatic carbocycles. The Morgan fingerprint density at radius 1 is 1.10 bits per heavy atom. The molecule has 170 valence electrons. The average Bonchev–Trinajstić information content (AvgIpc) is 3.05. The predicted octanol–water partition coefficient (Wildman–Crippen LogP) is 6.45. The van der Waals surface area contributed by atoms with Gasteiger partial charge in [0.15, 0.2) is 0 Å². The predicted molar refractivity (Wildman–Crippen MR) is 121 cm³/mol. The Morgan fingerprint density at radius 2 is 1.87 bits per heavy atom. The van der Waals surface area contributed by atoms with Crippen molar-refractivity contribution in [3.63, 3.8) is 0 Å². The molecule has 30 heavy (non-hydrogen) atoms. The molecule has 0 aromatic heterocycles. The zero-order chi connectivity index (χ0) is 21.7. The molecule has 0 unspecified atom stereocenters. The van der Waals surface area contributed by atoms with E-state index in [1.165, 1.54) is 44.9 Å². The van der Waals surface area contributed by atoms with Crippen LogP contribution in [0.1, 0.15) is 98.3 Å². The van der Waals surface area contributed by atoms with Crippen LogP contribution in [0.25, 0.3) is 0 Å². The van der Waals surface area contributed by atoms with Crippen LogP contribution in [0.2, 0.25) is 0 Å². The third-order valence-electron chi connectivity index (χ3n) is 10.6. The van der Waals surface area contributed by atoms with Crippen LogP contribution in [0.5, 0.6) is 0 Å². The molecule has 3 nitrogen and oxygen atoms in total. The Labute approximate surface area is 183 Å². The topological polar surface area (TPSA) is 57.5 Å². The number of fused-ring (bicyclic) bond motifs is 5. The van der Waals surface area contributed by atoms with E-state index in [4.69, 9.17) is 5.11 Å². The lowest BCUT2D eigenvalue weighted by Gasteiger charge is -2.58. The van der Waals surface area contributed by atoms with Gasteiger partial charge in [0.05, 0.1) is 12.0 Å². The van der Waals surface area contributed by atoms with Crippen molar-refractivity contribution < 1.29 is 15.0 Å². The van der Waals surface area contributed by atoms with Crippen LogP contribution in [-0.4, -0.2) is 22.3 Å². The second-order valence-electron chi connectivity index (χ2n) is 12.0. The van der Waals surface area contributed by atoms with E-state index in [2.05, 4.69) is 26.8 Å². The van der Waals surface area contributed by atoms with Gasteiger partial charge in [-0.15, -0.1) is 0 Å². The molecule has 0 saturated heterocycles. The minimum Gasteiger partial charge on any atom is -0.481 e. The third kappa shape index (κ3) is 3.67. The fourth-order valence-electron chi connectivity index (χ4n) is 8.69. The van der Waals surface area contributed by atoms with Crippen LogP contribution in [0.4, 0.5) is 0 Å². The maximum absolute atomic E-state index is 11.1. The molecule has 3 saturated carbocycles. The highest BCUT2D eigenvalue weighted by molar-refractivity contribution is 5.69. The van der Waals surface area contributed by atoms with Crippen molar-refractivity contribution in [1.29, 1.82) is 0 Å². The molecule has 4 aliphatic rings. The van der Waals surface area contributed by atoms with Gasteiger partial charge in [-0.2, -0.15) is 0 Å². The molecular weight excluding hydrogens is 372 g/mol. The molecule has 0 spiro atoms. The molecule has 0 amide bonds. The molecule has 3 fully saturated rings.